The van der Waals surface area contributed by atoms with Crippen LogP contribution in [0.4, 0.5) is 0 Å². The first-order valence-corrected chi connectivity index (χ1v) is 11.0. The number of ether oxygens (including phenoxy) is 1. The number of hydrogen-bond donors (Lipinski definition) is 3. The van der Waals surface area contributed by atoms with Crippen LogP contribution in [0, 0.1) is 12.8 Å². The number of carbonyl (C=O) groups excluding carboxylic acids is 2. The minimum absolute atomic E-state index is 0.0969. The molecule has 0 spiro atoms. The highest BCUT2D eigenvalue weighted by Crippen LogP contribution is 2.29. The monoisotopic (exact) mass is 449 g/mol. The van der Waals surface area contributed by atoms with E-state index in [0.29, 0.717) is 17.5 Å². The first-order valence-electron chi connectivity index (χ1n) is 11.0. The number of phenols is 1. The maximum absolute atomic E-state index is 13.1. The van der Waals surface area contributed by atoms with Gasteiger partial charge in [0.1, 0.15) is 5.75 Å². The van der Waals surface area contributed by atoms with Crippen LogP contribution in [0.15, 0.2) is 18.2 Å². The molecule has 9 nitrogen and oxygen atoms in total. The lowest BCUT2D eigenvalue weighted by Crippen LogP contribution is -2.51. The molecular formula is C23H35N3O6. The highest BCUT2D eigenvalue weighted by molar-refractivity contribution is 5.96. The minimum atomic E-state index is -0.250. The molecule has 2 fully saturated rings. The van der Waals surface area contributed by atoms with E-state index in [-0.39, 0.29) is 42.1 Å². The predicted molar refractivity (Wildman–Crippen MR) is 120 cm³/mol. The van der Waals surface area contributed by atoms with Crippen molar-refractivity contribution in [2.24, 2.45) is 5.92 Å². The summed E-state index contributed by atoms with van der Waals surface area (Å²) in [5.74, 6) is -0.0401. The molecule has 1 aliphatic heterocycles. The second-order valence-electron chi connectivity index (χ2n) is 8.40. The third-order valence-electron chi connectivity index (χ3n) is 6.34. The fraction of sp³-hybridized carbons (Fsp3) is 0.609. The van der Waals surface area contributed by atoms with Crippen molar-refractivity contribution in [3.05, 3.63) is 29.3 Å². The van der Waals surface area contributed by atoms with E-state index in [4.69, 9.17) is 14.6 Å². The van der Waals surface area contributed by atoms with Gasteiger partial charge in [0, 0.05) is 43.8 Å². The number of methoxy groups -OCH3 is 1. The van der Waals surface area contributed by atoms with E-state index < -0.39 is 0 Å². The van der Waals surface area contributed by atoms with Gasteiger partial charge in [0.15, 0.2) is 0 Å². The van der Waals surface area contributed by atoms with Crippen molar-refractivity contribution in [1.82, 2.24) is 15.1 Å². The van der Waals surface area contributed by atoms with E-state index in [9.17, 15) is 14.7 Å². The second-order valence-corrected chi connectivity index (χ2v) is 8.40. The predicted octanol–water partition coefficient (Wildman–Crippen LogP) is 1.48. The van der Waals surface area contributed by atoms with Crippen LogP contribution in [0.5, 0.6) is 5.75 Å². The molecule has 1 aromatic carbocycles. The summed E-state index contributed by atoms with van der Waals surface area (Å²) in [5, 5.41) is 19.8. The molecule has 0 unspecified atom stereocenters. The molecule has 1 saturated carbocycles. The Morgan fingerprint density at radius 2 is 1.91 bits per heavy atom. The van der Waals surface area contributed by atoms with Gasteiger partial charge in [-0.15, -0.1) is 0 Å². The SMILES string of the molecule is CO[C@@H]1CC[C@H](C(=O)N2CCCN(C)CC2)C[C@H]1NC(=O)c1cccc(O)c1C.O=CO. The molecule has 2 amide bonds. The van der Waals surface area contributed by atoms with Gasteiger partial charge in [-0.05, 0) is 58.3 Å². The van der Waals surface area contributed by atoms with Gasteiger partial charge in [0.2, 0.25) is 5.91 Å². The minimum Gasteiger partial charge on any atom is -0.508 e. The summed E-state index contributed by atoms with van der Waals surface area (Å²) >= 11 is 0. The van der Waals surface area contributed by atoms with Crippen LogP contribution in [0.2, 0.25) is 0 Å². The number of nitrogens with one attached hydrogen (secondary N) is 1. The standard InChI is InChI=1S/C22H33N3O4.CH2O2/c1-15-17(6-4-7-19(15)26)21(27)23-18-14-16(8-9-20(18)29-3)22(28)25-11-5-10-24(2)12-13-25;2-1-3/h4,6-7,16,18,20,26H,5,8-14H2,1-3H3,(H,23,27);1H,(H,2,3)/t16-,18+,20+;/m0./s1. The number of amides is 2. The molecule has 1 aromatic rings. The number of carbonyl (C=O) groups is 3. The second kappa shape index (κ2) is 12.4. The van der Waals surface area contributed by atoms with Gasteiger partial charge in [0.05, 0.1) is 12.1 Å². The van der Waals surface area contributed by atoms with Crippen molar-refractivity contribution >= 4 is 18.3 Å². The maximum Gasteiger partial charge on any atom is 0.290 e. The van der Waals surface area contributed by atoms with E-state index in [1.54, 1.807) is 32.2 Å². The molecule has 1 heterocycles. The topological polar surface area (TPSA) is 119 Å². The normalized spacial score (nSPS) is 24.0. The number of carboxylic acid groups (broad SMARTS) is 1. The quantitative estimate of drug-likeness (QED) is 0.596. The van der Waals surface area contributed by atoms with Crippen LogP contribution < -0.4 is 5.32 Å². The summed E-state index contributed by atoms with van der Waals surface area (Å²) in [6, 6.07) is 4.70. The Hall–Kier alpha value is -2.65. The average molecular weight is 450 g/mol. The number of rotatable bonds is 4. The van der Waals surface area contributed by atoms with E-state index in [0.717, 1.165) is 45.4 Å². The van der Waals surface area contributed by atoms with Crippen LogP contribution in [0.1, 0.15) is 41.6 Å². The molecule has 3 atom stereocenters. The van der Waals surface area contributed by atoms with Crippen LogP contribution >= 0.6 is 0 Å². The van der Waals surface area contributed by atoms with Gasteiger partial charge in [-0.2, -0.15) is 0 Å². The van der Waals surface area contributed by atoms with Crippen molar-refractivity contribution in [1.29, 1.82) is 0 Å². The molecule has 1 saturated heterocycles. The summed E-state index contributed by atoms with van der Waals surface area (Å²) in [6.07, 6.45) is 2.97. The number of likely N-dealkylation sites (N-methyl/N-ethyl adjacent to an activating group) is 1. The first kappa shape index (κ1) is 25.6. The maximum atomic E-state index is 13.1. The van der Waals surface area contributed by atoms with Crippen molar-refractivity contribution in [2.75, 3.05) is 40.3 Å². The van der Waals surface area contributed by atoms with Crippen molar-refractivity contribution in [2.45, 2.75) is 44.8 Å². The highest BCUT2D eigenvalue weighted by atomic mass is 16.5. The molecule has 3 rings (SSSR count). The summed E-state index contributed by atoms with van der Waals surface area (Å²) in [4.78, 5) is 38.6. The third-order valence-corrected chi connectivity index (χ3v) is 6.34. The molecule has 0 bridgehead atoms. The Balaban J connectivity index is 0.00000114. The largest absolute Gasteiger partial charge is 0.508 e. The van der Waals surface area contributed by atoms with Crippen LogP contribution in [-0.2, 0) is 14.3 Å². The Labute approximate surface area is 189 Å². The molecule has 3 N–H and O–H groups in total. The fourth-order valence-electron chi connectivity index (χ4n) is 4.44. The summed E-state index contributed by atoms with van der Waals surface area (Å²) < 4.78 is 5.61. The van der Waals surface area contributed by atoms with E-state index in [1.807, 2.05) is 4.90 Å². The number of benzene rings is 1. The molecule has 178 valence electrons. The zero-order chi connectivity index (χ0) is 23.7. The van der Waals surface area contributed by atoms with Gasteiger partial charge >= 0.3 is 0 Å². The Morgan fingerprint density at radius 3 is 2.59 bits per heavy atom. The van der Waals surface area contributed by atoms with Crippen LogP contribution in [0.3, 0.4) is 0 Å². The first-order chi connectivity index (χ1) is 15.3. The van der Waals surface area contributed by atoms with Gasteiger partial charge in [-0.1, -0.05) is 6.07 Å². The van der Waals surface area contributed by atoms with Crippen molar-refractivity contribution < 1.29 is 29.3 Å². The van der Waals surface area contributed by atoms with Crippen molar-refractivity contribution in [3.63, 3.8) is 0 Å². The van der Waals surface area contributed by atoms with E-state index in [2.05, 4.69) is 17.3 Å². The van der Waals surface area contributed by atoms with E-state index in [1.165, 1.54) is 0 Å². The average Bonchev–Trinajstić information content (AvgIpc) is 3.00. The molecule has 0 aromatic heterocycles. The molecule has 1 aliphatic carbocycles. The lowest BCUT2D eigenvalue weighted by molar-refractivity contribution is -0.137. The van der Waals surface area contributed by atoms with Crippen LogP contribution in [0.25, 0.3) is 0 Å². The lowest BCUT2D eigenvalue weighted by atomic mass is 9.82. The number of aromatic hydroxyl groups is 1. The smallest absolute Gasteiger partial charge is 0.290 e. The van der Waals surface area contributed by atoms with Gasteiger partial charge in [0.25, 0.3) is 12.4 Å². The zero-order valence-corrected chi connectivity index (χ0v) is 19.1. The molecule has 2 aliphatic rings. The molecular weight excluding hydrogens is 414 g/mol. The fourth-order valence-corrected chi connectivity index (χ4v) is 4.44. The van der Waals surface area contributed by atoms with E-state index >= 15 is 0 Å². The Morgan fingerprint density at radius 1 is 1.19 bits per heavy atom. The molecule has 32 heavy (non-hydrogen) atoms. The van der Waals surface area contributed by atoms with Gasteiger partial charge in [-0.25, -0.2) is 0 Å². The summed E-state index contributed by atoms with van der Waals surface area (Å²) in [6.45, 7) is 4.95. The van der Waals surface area contributed by atoms with Gasteiger partial charge in [-0.3, -0.25) is 14.4 Å². The number of hydrogen-bond acceptors (Lipinski definition) is 6. The highest BCUT2D eigenvalue weighted by Gasteiger charge is 2.37. The third kappa shape index (κ3) is 6.67. The van der Waals surface area contributed by atoms with Crippen molar-refractivity contribution in [3.8, 4) is 5.75 Å². The summed E-state index contributed by atoms with van der Waals surface area (Å²) in [5.41, 5.74) is 1.000. The summed E-state index contributed by atoms with van der Waals surface area (Å²) in [7, 11) is 3.74. The Kier molecular flexibility index (Phi) is 9.93. The Bertz CT molecular complexity index is 787. The number of nitrogens with zero attached hydrogens (tertiary/aromatic N) is 2. The zero-order valence-electron chi connectivity index (χ0n) is 19.1. The number of phenolic OH excluding ortho intramolecular Hbond substituents is 1. The molecule has 0 radical (unpaired) electrons. The lowest BCUT2D eigenvalue weighted by Gasteiger charge is -2.37. The van der Waals surface area contributed by atoms with Gasteiger partial charge < -0.3 is 30.1 Å². The van der Waals surface area contributed by atoms with Crippen LogP contribution in [-0.4, -0.2) is 90.8 Å². The molecule has 9 heteroatoms.